The Morgan fingerprint density at radius 1 is 0.288 bits per heavy atom. The Hall–Kier alpha value is -7.11. The first-order valence-electron chi connectivity index (χ1n) is 17.3. The van der Waals surface area contributed by atoms with Gasteiger partial charge in [-0.3, -0.25) is 4.98 Å². The minimum atomic E-state index is 0.905. The van der Waals surface area contributed by atoms with Crippen molar-refractivity contribution in [1.82, 2.24) is 24.9 Å². The van der Waals surface area contributed by atoms with Crippen LogP contribution in [0.15, 0.2) is 176 Å². The maximum atomic E-state index is 5.14. The minimum Gasteiger partial charge on any atom is -0.264 e. The SMILES string of the molecule is c1ccc(-c2ccc3ccc4ccc(-c5ccc(-c6ccc7cc(-c8ccc9ccc(-c%10cccnc%10)nc9c8)ccc7n6)cc5)nc4c3n2)cc1. The number of aromatic nitrogens is 5. The molecule has 0 N–H and O–H groups in total. The van der Waals surface area contributed by atoms with Crippen LogP contribution in [0.2, 0.25) is 0 Å². The second-order valence-electron chi connectivity index (χ2n) is 13.0. The number of pyridine rings is 5. The molecule has 0 atom stereocenters. The predicted molar refractivity (Wildman–Crippen MR) is 213 cm³/mol. The minimum absolute atomic E-state index is 0.905. The molecule has 5 heterocycles. The van der Waals surface area contributed by atoms with Crippen molar-refractivity contribution in [3.8, 4) is 56.2 Å². The summed E-state index contributed by atoms with van der Waals surface area (Å²) < 4.78 is 0. The van der Waals surface area contributed by atoms with E-state index in [0.717, 1.165) is 99.8 Å². The van der Waals surface area contributed by atoms with Crippen LogP contribution < -0.4 is 0 Å². The molecule has 0 aliphatic carbocycles. The van der Waals surface area contributed by atoms with E-state index < -0.39 is 0 Å². The fraction of sp³-hybridized carbons (Fsp3) is 0. The van der Waals surface area contributed by atoms with Gasteiger partial charge in [0.25, 0.3) is 0 Å². The van der Waals surface area contributed by atoms with E-state index in [0.29, 0.717) is 0 Å². The lowest BCUT2D eigenvalue weighted by Crippen LogP contribution is -1.91. The van der Waals surface area contributed by atoms with Gasteiger partial charge < -0.3 is 0 Å². The Balaban J connectivity index is 0.938. The van der Waals surface area contributed by atoms with Crippen molar-refractivity contribution in [1.29, 1.82) is 0 Å². The van der Waals surface area contributed by atoms with Crippen molar-refractivity contribution in [2.24, 2.45) is 0 Å². The first-order chi connectivity index (χ1) is 25.7. The molecule has 52 heavy (non-hydrogen) atoms. The summed E-state index contributed by atoms with van der Waals surface area (Å²) in [4.78, 5) is 24.4. The van der Waals surface area contributed by atoms with Gasteiger partial charge in [-0.1, -0.05) is 109 Å². The molecule has 5 aromatic heterocycles. The van der Waals surface area contributed by atoms with E-state index in [9.17, 15) is 0 Å². The zero-order chi connectivity index (χ0) is 34.4. The third-order valence-electron chi connectivity index (χ3n) is 9.74. The Morgan fingerprint density at radius 2 is 0.769 bits per heavy atom. The largest absolute Gasteiger partial charge is 0.264 e. The average Bonchev–Trinajstić information content (AvgIpc) is 3.23. The van der Waals surface area contributed by atoms with E-state index in [2.05, 4.69) is 132 Å². The lowest BCUT2D eigenvalue weighted by molar-refractivity contribution is 1.30. The Labute approximate surface area is 300 Å². The highest BCUT2D eigenvalue weighted by Gasteiger charge is 2.11. The number of benzene rings is 5. The van der Waals surface area contributed by atoms with Crippen molar-refractivity contribution in [2.45, 2.75) is 0 Å². The molecule has 10 aromatic rings. The third-order valence-corrected chi connectivity index (χ3v) is 9.74. The number of rotatable bonds is 5. The van der Waals surface area contributed by atoms with Crippen LogP contribution in [0.1, 0.15) is 0 Å². The Morgan fingerprint density at radius 3 is 1.44 bits per heavy atom. The van der Waals surface area contributed by atoms with Gasteiger partial charge >= 0.3 is 0 Å². The first kappa shape index (κ1) is 29.8. The molecule has 0 aliphatic heterocycles. The van der Waals surface area contributed by atoms with Gasteiger partial charge in [0.2, 0.25) is 0 Å². The summed E-state index contributed by atoms with van der Waals surface area (Å²) in [6, 6.07) is 56.7. The zero-order valence-corrected chi connectivity index (χ0v) is 28.0. The summed E-state index contributed by atoms with van der Waals surface area (Å²) in [6.07, 6.45) is 3.63. The molecule has 0 amide bonds. The van der Waals surface area contributed by atoms with Gasteiger partial charge in [-0.2, -0.15) is 0 Å². The molecule has 0 bridgehead atoms. The van der Waals surface area contributed by atoms with E-state index in [-0.39, 0.29) is 0 Å². The third kappa shape index (κ3) is 5.42. The van der Waals surface area contributed by atoms with Crippen LogP contribution in [0.5, 0.6) is 0 Å². The quantitative estimate of drug-likeness (QED) is 0.171. The molecule has 0 radical (unpaired) electrons. The van der Waals surface area contributed by atoms with Gasteiger partial charge in [0.1, 0.15) is 0 Å². The highest BCUT2D eigenvalue weighted by Crippen LogP contribution is 2.32. The van der Waals surface area contributed by atoms with Crippen molar-refractivity contribution < 1.29 is 0 Å². The molecule has 5 nitrogen and oxygen atoms in total. The van der Waals surface area contributed by atoms with E-state index in [1.807, 2.05) is 42.6 Å². The van der Waals surface area contributed by atoms with Crippen LogP contribution in [-0.4, -0.2) is 24.9 Å². The summed E-state index contributed by atoms with van der Waals surface area (Å²) in [7, 11) is 0. The molecule has 0 spiro atoms. The second kappa shape index (κ2) is 12.3. The van der Waals surface area contributed by atoms with Crippen LogP contribution in [0.4, 0.5) is 0 Å². The summed E-state index contributed by atoms with van der Waals surface area (Å²) in [5.74, 6) is 0. The maximum Gasteiger partial charge on any atom is 0.0972 e. The molecule has 0 unspecified atom stereocenters. The van der Waals surface area contributed by atoms with E-state index in [1.54, 1.807) is 6.20 Å². The van der Waals surface area contributed by atoms with Gasteiger partial charge in [-0.05, 0) is 65.7 Å². The highest BCUT2D eigenvalue weighted by molar-refractivity contribution is 6.04. The Bertz CT molecular complexity index is 2940. The molecule has 0 fully saturated rings. The van der Waals surface area contributed by atoms with Crippen LogP contribution in [0.3, 0.4) is 0 Å². The molecule has 0 saturated heterocycles. The Kier molecular flexibility index (Phi) is 7.07. The summed E-state index contributed by atoms with van der Waals surface area (Å²) in [5.41, 5.74) is 13.9. The van der Waals surface area contributed by atoms with E-state index in [1.165, 1.54) is 0 Å². The van der Waals surface area contributed by atoms with Crippen LogP contribution in [0.25, 0.3) is 99.8 Å². The monoisotopic (exact) mass is 663 g/mol. The smallest absolute Gasteiger partial charge is 0.0972 e. The standard InChI is InChI=1S/C47H29N5/c1-2-5-30(6-3-1)41-22-17-34-13-14-35-18-23-42(52-47(35)46(34)51-41)32-10-8-31(9-11-32)40-25-20-38-27-36(19-24-43(38)49-40)37-15-12-33-16-21-44(50-45(33)28-37)39-7-4-26-48-29-39/h1-29H. The summed E-state index contributed by atoms with van der Waals surface area (Å²) >= 11 is 0. The molecular formula is C47H29N5. The zero-order valence-electron chi connectivity index (χ0n) is 28.0. The molecule has 5 heteroatoms. The lowest BCUT2D eigenvalue weighted by atomic mass is 10.0. The van der Waals surface area contributed by atoms with Gasteiger partial charge in [0.15, 0.2) is 0 Å². The molecular weight excluding hydrogens is 635 g/mol. The summed E-state index contributed by atoms with van der Waals surface area (Å²) in [5, 5.41) is 4.34. The number of fused-ring (bicyclic) bond motifs is 5. The summed E-state index contributed by atoms with van der Waals surface area (Å²) in [6.45, 7) is 0. The number of hydrogen-bond acceptors (Lipinski definition) is 5. The topological polar surface area (TPSA) is 64.5 Å². The average molecular weight is 664 g/mol. The van der Waals surface area contributed by atoms with Gasteiger partial charge in [-0.25, -0.2) is 19.9 Å². The lowest BCUT2D eigenvalue weighted by Gasteiger charge is -2.09. The maximum absolute atomic E-state index is 5.14. The molecule has 0 saturated carbocycles. The van der Waals surface area contributed by atoms with Crippen LogP contribution in [-0.2, 0) is 0 Å². The highest BCUT2D eigenvalue weighted by atomic mass is 14.8. The normalized spacial score (nSPS) is 11.5. The van der Waals surface area contributed by atoms with Crippen molar-refractivity contribution in [3.63, 3.8) is 0 Å². The van der Waals surface area contributed by atoms with Crippen LogP contribution in [0, 0.1) is 0 Å². The number of hydrogen-bond donors (Lipinski definition) is 0. The van der Waals surface area contributed by atoms with Crippen molar-refractivity contribution >= 4 is 43.6 Å². The fourth-order valence-corrected chi connectivity index (χ4v) is 6.95. The number of nitrogens with zero attached hydrogens (tertiary/aromatic N) is 5. The van der Waals surface area contributed by atoms with Gasteiger partial charge in [0.05, 0.1) is 44.8 Å². The predicted octanol–water partition coefficient (Wildman–Crippen LogP) is 11.6. The fourth-order valence-electron chi connectivity index (χ4n) is 6.95. The van der Waals surface area contributed by atoms with Crippen molar-refractivity contribution in [3.05, 3.63) is 176 Å². The van der Waals surface area contributed by atoms with Crippen molar-refractivity contribution in [2.75, 3.05) is 0 Å². The molecule has 242 valence electrons. The first-order valence-corrected chi connectivity index (χ1v) is 17.3. The van der Waals surface area contributed by atoms with Crippen LogP contribution >= 0.6 is 0 Å². The van der Waals surface area contributed by atoms with Gasteiger partial charge in [0, 0.05) is 56.2 Å². The molecule has 0 aliphatic rings. The van der Waals surface area contributed by atoms with E-state index >= 15 is 0 Å². The molecule has 5 aromatic carbocycles. The second-order valence-corrected chi connectivity index (χ2v) is 13.0. The molecule has 10 rings (SSSR count). The van der Waals surface area contributed by atoms with Gasteiger partial charge in [-0.15, -0.1) is 0 Å². The van der Waals surface area contributed by atoms with E-state index in [4.69, 9.17) is 19.9 Å².